The third kappa shape index (κ3) is 5.69. The Morgan fingerprint density at radius 1 is 1.00 bits per heavy atom. The summed E-state index contributed by atoms with van der Waals surface area (Å²) in [5, 5.41) is 3.83. The van der Waals surface area contributed by atoms with Gasteiger partial charge in [0.2, 0.25) is 23.0 Å². The molecule has 120 valence electrons. The summed E-state index contributed by atoms with van der Waals surface area (Å²) < 4.78 is 15.3. The van der Waals surface area contributed by atoms with Crippen molar-refractivity contribution in [2.75, 3.05) is 20.3 Å². The van der Waals surface area contributed by atoms with Gasteiger partial charge in [0.05, 0.1) is 12.8 Å². The quantitative estimate of drug-likeness (QED) is 0.269. The molecule has 0 bridgehead atoms. The molecule has 0 saturated carbocycles. The predicted octanol–water partition coefficient (Wildman–Crippen LogP) is 4.64. The van der Waals surface area contributed by atoms with E-state index in [1.165, 1.54) is 0 Å². The van der Waals surface area contributed by atoms with E-state index in [0.29, 0.717) is 13.2 Å². The first kappa shape index (κ1) is 17.5. The monoisotopic (exact) mass is 423 g/mol. The lowest BCUT2D eigenvalue weighted by atomic mass is 10.0. The molecule has 0 aliphatic carbocycles. The molecule has 2 aromatic rings. The van der Waals surface area contributed by atoms with E-state index in [1.54, 1.807) is 36.3 Å². The van der Waals surface area contributed by atoms with Crippen molar-refractivity contribution in [1.29, 1.82) is 0 Å². The highest BCUT2D eigenvalue weighted by Gasteiger charge is 2.03. The molecule has 0 saturated heterocycles. The van der Waals surface area contributed by atoms with Crippen LogP contribution in [0.5, 0.6) is 5.75 Å². The molecule has 2 rings (SSSR count). The molecule has 0 radical (unpaired) electrons. The molecular weight excluding hydrogens is 405 g/mol. The lowest BCUT2D eigenvalue weighted by Crippen LogP contribution is -1.94. The summed E-state index contributed by atoms with van der Waals surface area (Å²) in [6, 6.07) is 16.0. The summed E-state index contributed by atoms with van der Waals surface area (Å²) in [6.45, 7) is 1.13. The lowest BCUT2D eigenvalue weighted by molar-refractivity contribution is 0.233. The maximum absolute atomic E-state index is 5.65. The second-order valence-electron chi connectivity index (χ2n) is 4.65. The van der Waals surface area contributed by atoms with Gasteiger partial charge in [-0.2, -0.15) is 0 Å². The van der Waals surface area contributed by atoms with Crippen LogP contribution < -0.4 is 4.74 Å². The second-order valence-corrected chi connectivity index (χ2v) is 5.05. The Labute approximate surface area is 150 Å². The van der Waals surface area contributed by atoms with Crippen molar-refractivity contribution in [1.82, 2.24) is 0 Å². The Kier molecular flexibility index (Phi) is 7.62. The van der Waals surface area contributed by atoms with Crippen LogP contribution in [-0.4, -0.2) is 26.5 Å². The van der Waals surface area contributed by atoms with Gasteiger partial charge in [0.25, 0.3) is 0 Å². The van der Waals surface area contributed by atoms with Crippen LogP contribution in [0, 0.1) is 0 Å². The van der Waals surface area contributed by atoms with Crippen LogP contribution in [-0.2, 0) is 7.90 Å². The van der Waals surface area contributed by atoms with Crippen LogP contribution in [0.1, 0.15) is 5.56 Å². The first-order valence-electron chi connectivity index (χ1n) is 7.12. The summed E-state index contributed by atoms with van der Waals surface area (Å²) in [6.07, 6.45) is 5.57. The number of rotatable bonds is 8. The Morgan fingerprint density at radius 2 is 1.74 bits per heavy atom. The van der Waals surface area contributed by atoms with E-state index in [4.69, 9.17) is 12.6 Å². The van der Waals surface area contributed by atoms with Crippen molar-refractivity contribution in [2.24, 2.45) is 5.16 Å². The summed E-state index contributed by atoms with van der Waals surface area (Å²) in [5.74, 6) is 0.831. The van der Waals surface area contributed by atoms with E-state index in [-0.39, 0.29) is 0 Å². The highest BCUT2D eigenvalue weighted by atomic mass is 127. The van der Waals surface area contributed by atoms with Gasteiger partial charge in [-0.3, -0.25) is 0 Å². The van der Waals surface area contributed by atoms with Gasteiger partial charge in [0, 0.05) is 12.7 Å². The Hall–Kier alpha value is -1.86. The van der Waals surface area contributed by atoms with Crippen molar-refractivity contribution in [3.63, 3.8) is 0 Å². The molecule has 0 aliphatic rings. The zero-order valence-corrected chi connectivity index (χ0v) is 15.0. The van der Waals surface area contributed by atoms with Crippen molar-refractivity contribution in [2.45, 2.75) is 0 Å². The van der Waals surface area contributed by atoms with Crippen LogP contribution in [0.15, 0.2) is 65.8 Å². The maximum atomic E-state index is 5.65. The fourth-order valence-corrected chi connectivity index (χ4v) is 2.17. The van der Waals surface area contributed by atoms with Crippen LogP contribution in [0.25, 0.3) is 11.1 Å². The summed E-state index contributed by atoms with van der Waals surface area (Å²) in [7, 11) is 1.67. The Balaban J connectivity index is 2.06. The zero-order valence-electron chi connectivity index (χ0n) is 12.8. The van der Waals surface area contributed by atoms with Crippen LogP contribution in [0.4, 0.5) is 0 Å². The summed E-state index contributed by atoms with van der Waals surface area (Å²) in [5.41, 5.74) is 3.19. The van der Waals surface area contributed by atoms with Crippen LogP contribution in [0.2, 0.25) is 0 Å². The largest absolute Gasteiger partial charge is 0.490 e. The van der Waals surface area contributed by atoms with Gasteiger partial charge in [-0.25, -0.2) is 0 Å². The highest BCUT2D eigenvalue weighted by molar-refractivity contribution is 14.1. The van der Waals surface area contributed by atoms with Gasteiger partial charge in [0.1, 0.15) is 12.4 Å². The number of ether oxygens (including phenoxy) is 2. The number of benzene rings is 2. The minimum atomic E-state index is 0.527. The second kappa shape index (κ2) is 10.0. The topological polar surface area (TPSA) is 40.0 Å². The normalized spacial score (nSPS) is 11.2. The zero-order chi connectivity index (χ0) is 16.3. The van der Waals surface area contributed by atoms with Gasteiger partial charge in [-0.05, 0) is 29.3 Å². The first-order valence-corrected chi connectivity index (χ1v) is 8.00. The molecule has 23 heavy (non-hydrogen) atoms. The number of halogens is 1. The van der Waals surface area contributed by atoms with Crippen molar-refractivity contribution in [3.8, 4) is 16.9 Å². The van der Waals surface area contributed by atoms with Gasteiger partial charge < -0.3 is 12.6 Å². The standard InChI is InChI=1S/C18H18INO3/c1-21-12-4-5-13-22-17-10-8-15(9-11-17)18-7-3-2-6-16(18)14-20-23-19/h2-11,14H,12-13H2,1H3/b5-4-,20-14-. The molecule has 0 heterocycles. The SMILES string of the molecule is COC/C=C\COc1ccc(-c2ccccc2/C=N\OI)cc1. The molecule has 0 amide bonds. The number of hydrogen-bond acceptors (Lipinski definition) is 4. The predicted molar refractivity (Wildman–Crippen MR) is 101 cm³/mol. The minimum Gasteiger partial charge on any atom is -0.490 e. The smallest absolute Gasteiger partial charge is 0.230 e. The molecular formula is C18H18INO3. The van der Waals surface area contributed by atoms with E-state index in [1.807, 2.05) is 54.6 Å². The fraction of sp³-hybridized carbons (Fsp3) is 0.167. The van der Waals surface area contributed by atoms with E-state index in [9.17, 15) is 0 Å². The number of nitrogens with zero attached hydrogens (tertiary/aromatic N) is 1. The molecule has 4 nitrogen and oxygen atoms in total. The third-order valence-corrected chi connectivity index (χ3v) is 3.36. The number of oxime groups is 1. The minimum absolute atomic E-state index is 0.527. The molecule has 5 heteroatoms. The third-order valence-electron chi connectivity index (χ3n) is 3.13. The van der Waals surface area contributed by atoms with E-state index in [0.717, 1.165) is 22.4 Å². The van der Waals surface area contributed by atoms with Gasteiger partial charge in [0.15, 0.2) is 0 Å². The van der Waals surface area contributed by atoms with Crippen LogP contribution in [0.3, 0.4) is 0 Å². The van der Waals surface area contributed by atoms with E-state index < -0.39 is 0 Å². The lowest BCUT2D eigenvalue weighted by Gasteiger charge is -2.08. The van der Waals surface area contributed by atoms with Gasteiger partial charge in [-0.15, -0.1) is 0 Å². The van der Waals surface area contributed by atoms with Crippen molar-refractivity contribution >= 4 is 29.2 Å². The molecule has 0 aliphatic heterocycles. The van der Waals surface area contributed by atoms with E-state index in [2.05, 4.69) is 11.2 Å². The average Bonchev–Trinajstić information content (AvgIpc) is 2.61. The average molecular weight is 423 g/mol. The summed E-state index contributed by atoms with van der Waals surface area (Å²) in [4.78, 5) is 0. The molecule has 2 aromatic carbocycles. The van der Waals surface area contributed by atoms with Crippen molar-refractivity contribution in [3.05, 3.63) is 66.2 Å². The number of hydrogen-bond donors (Lipinski definition) is 0. The molecule has 0 spiro atoms. The van der Waals surface area contributed by atoms with Gasteiger partial charge in [-0.1, -0.05) is 47.6 Å². The number of methoxy groups -OCH3 is 1. The first-order chi connectivity index (χ1) is 11.3. The molecule has 0 aromatic heterocycles. The molecule has 0 fully saturated rings. The van der Waals surface area contributed by atoms with Gasteiger partial charge >= 0.3 is 0 Å². The Bertz CT molecular complexity index is 654. The Morgan fingerprint density at radius 3 is 2.48 bits per heavy atom. The molecule has 0 atom stereocenters. The highest BCUT2D eigenvalue weighted by Crippen LogP contribution is 2.25. The van der Waals surface area contributed by atoms with Crippen molar-refractivity contribution < 1.29 is 12.6 Å². The molecule has 0 unspecified atom stereocenters. The summed E-state index contributed by atoms with van der Waals surface area (Å²) >= 11 is 1.74. The maximum Gasteiger partial charge on any atom is 0.230 e. The van der Waals surface area contributed by atoms with Crippen LogP contribution >= 0.6 is 23.0 Å². The van der Waals surface area contributed by atoms with E-state index >= 15 is 0 Å². The fourth-order valence-electron chi connectivity index (χ4n) is 2.06. The molecule has 0 N–H and O–H groups in total.